The lowest BCUT2D eigenvalue weighted by atomic mass is 9.47. The maximum atomic E-state index is 12.8. The summed E-state index contributed by atoms with van der Waals surface area (Å²) in [6, 6.07) is 4.85. The van der Waals surface area contributed by atoms with Crippen molar-refractivity contribution in [1.29, 1.82) is 0 Å². The van der Waals surface area contributed by atoms with E-state index in [1.165, 1.54) is 36.1 Å². The number of carbonyl (C=O) groups excluding carboxylic acids is 1. The van der Waals surface area contributed by atoms with Gasteiger partial charge in [0.15, 0.2) is 0 Å². The molecule has 0 aromatic heterocycles. The van der Waals surface area contributed by atoms with E-state index in [1.54, 1.807) is 0 Å². The van der Waals surface area contributed by atoms with Gasteiger partial charge in [0.1, 0.15) is 17.5 Å². The van der Waals surface area contributed by atoms with Crippen LogP contribution in [0.1, 0.15) is 69.1 Å². The number of nitrogens with zero attached hydrogens (tertiary/aromatic N) is 1. The second-order valence-electron chi connectivity index (χ2n) is 10.4. The van der Waals surface area contributed by atoms with E-state index in [9.17, 15) is 4.79 Å². The number of carbonyl (C=O) groups is 1. The van der Waals surface area contributed by atoms with Crippen molar-refractivity contribution in [3.05, 3.63) is 28.8 Å². The molecule has 4 nitrogen and oxygen atoms in total. The fraction of sp³-hybridized carbons (Fsp3) is 0.720. The van der Waals surface area contributed by atoms with Crippen molar-refractivity contribution < 1.29 is 14.3 Å². The molecular formula is C25H33NO3. The van der Waals surface area contributed by atoms with Crippen molar-refractivity contribution in [3.8, 4) is 5.75 Å². The molecule has 5 atom stereocenters. The maximum Gasteiger partial charge on any atom is 0.306 e. The van der Waals surface area contributed by atoms with Gasteiger partial charge < -0.3 is 9.47 Å². The topological polar surface area (TPSA) is 38.8 Å². The molecule has 0 amide bonds. The van der Waals surface area contributed by atoms with Crippen LogP contribution in [0.2, 0.25) is 0 Å². The highest BCUT2D eigenvalue weighted by Crippen LogP contribution is 2.66. The van der Waals surface area contributed by atoms with E-state index in [1.807, 2.05) is 6.92 Å². The van der Waals surface area contributed by atoms with E-state index >= 15 is 0 Å². The summed E-state index contributed by atoms with van der Waals surface area (Å²) in [5.74, 6) is 2.39. The third kappa shape index (κ3) is 2.22. The van der Waals surface area contributed by atoms with Crippen LogP contribution in [-0.2, 0) is 21.4 Å². The molecule has 4 heteroatoms. The van der Waals surface area contributed by atoms with Crippen LogP contribution in [0.5, 0.6) is 5.75 Å². The van der Waals surface area contributed by atoms with Gasteiger partial charge in [0.25, 0.3) is 0 Å². The van der Waals surface area contributed by atoms with Gasteiger partial charge >= 0.3 is 5.97 Å². The minimum atomic E-state index is -0.434. The van der Waals surface area contributed by atoms with E-state index in [0.29, 0.717) is 12.3 Å². The molecule has 5 aliphatic rings. The summed E-state index contributed by atoms with van der Waals surface area (Å²) >= 11 is 0. The number of esters is 1. The van der Waals surface area contributed by atoms with Gasteiger partial charge in [0, 0.05) is 18.5 Å². The summed E-state index contributed by atoms with van der Waals surface area (Å²) < 4.78 is 13.4. The molecular weight excluding hydrogens is 362 g/mol. The van der Waals surface area contributed by atoms with Gasteiger partial charge in [-0.15, -0.1) is 0 Å². The Labute approximate surface area is 173 Å². The van der Waals surface area contributed by atoms with E-state index < -0.39 is 5.60 Å². The van der Waals surface area contributed by atoms with Gasteiger partial charge in [-0.1, -0.05) is 26.0 Å². The monoisotopic (exact) mass is 395 g/mol. The quantitative estimate of drug-likeness (QED) is 0.718. The Morgan fingerprint density at radius 3 is 2.86 bits per heavy atom. The molecule has 2 bridgehead atoms. The van der Waals surface area contributed by atoms with Crippen LogP contribution < -0.4 is 4.74 Å². The van der Waals surface area contributed by atoms with Crippen molar-refractivity contribution in [3.63, 3.8) is 0 Å². The lowest BCUT2D eigenvalue weighted by Gasteiger charge is -2.65. The molecule has 2 aliphatic heterocycles. The third-order valence-corrected chi connectivity index (χ3v) is 8.82. The van der Waals surface area contributed by atoms with Crippen LogP contribution in [0.25, 0.3) is 0 Å². The predicted molar refractivity (Wildman–Crippen MR) is 111 cm³/mol. The number of piperidine rings is 1. The second kappa shape index (κ2) is 6.00. The average Bonchev–Trinajstić information content (AvgIpc) is 3.45. The minimum absolute atomic E-state index is 0.0412. The smallest absolute Gasteiger partial charge is 0.306 e. The molecule has 1 saturated heterocycles. The molecule has 1 spiro atoms. The van der Waals surface area contributed by atoms with Gasteiger partial charge in [-0.25, -0.2) is 0 Å². The predicted octanol–water partition coefficient (Wildman–Crippen LogP) is 4.16. The van der Waals surface area contributed by atoms with Crippen LogP contribution in [0, 0.1) is 18.8 Å². The van der Waals surface area contributed by atoms with Crippen molar-refractivity contribution >= 4 is 5.97 Å². The van der Waals surface area contributed by atoms with E-state index in [0.717, 1.165) is 43.9 Å². The first-order valence-corrected chi connectivity index (χ1v) is 11.8. The fourth-order valence-electron chi connectivity index (χ4n) is 7.33. The Morgan fingerprint density at radius 1 is 1.28 bits per heavy atom. The molecule has 29 heavy (non-hydrogen) atoms. The van der Waals surface area contributed by atoms with E-state index in [-0.39, 0.29) is 23.5 Å². The molecule has 2 saturated carbocycles. The number of hydrogen-bond acceptors (Lipinski definition) is 4. The SMILES string of the molecule is CCC(=O)O[C@@]12CCC(C)[C@@H]3Oc4c(C)ccc5c4[C@@]31CCN(CC1CC1)C2C5. The molecule has 2 unspecified atom stereocenters. The van der Waals surface area contributed by atoms with Crippen LogP contribution in [0.3, 0.4) is 0 Å². The standard InChI is InChI=1S/C25H33NO3/c1-4-20(27)29-25-10-9-16(3)23-24(25)11-12-26(14-17-6-7-17)19(25)13-18-8-5-15(2)22(28-23)21(18)24/h5,8,16-17,19,23H,4,6-7,9-14H2,1-3H3/t16?,19?,23-,24-,25+/m0/s1. The lowest BCUT2D eigenvalue weighted by molar-refractivity contribution is -0.223. The molecule has 6 rings (SSSR count). The highest BCUT2D eigenvalue weighted by atomic mass is 16.6. The fourth-order valence-corrected chi connectivity index (χ4v) is 7.33. The molecule has 0 N–H and O–H groups in total. The number of rotatable bonds is 4. The summed E-state index contributed by atoms with van der Waals surface area (Å²) in [5, 5.41) is 0. The number of likely N-dealkylation sites (tertiary alicyclic amines) is 1. The Morgan fingerprint density at radius 2 is 2.10 bits per heavy atom. The summed E-state index contributed by atoms with van der Waals surface area (Å²) in [6.07, 6.45) is 7.36. The zero-order valence-electron chi connectivity index (χ0n) is 18.0. The average molecular weight is 396 g/mol. The van der Waals surface area contributed by atoms with Gasteiger partial charge in [-0.05, 0) is 75.0 Å². The Bertz CT molecular complexity index is 877. The minimum Gasteiger partial charge on any atom is -0.488 e. The van der Waals surface area contributed by atoms with Crippen LogP contribution in [0.4, 0.5) is 0 Å². The molecule has 3 aliphatic carbocycles. The largest absolute Gasteiger partial charge is 0.488 e. The van der Waals surface area contributed by atoms with Crippen LogP contribution in [0.15, 0.2) is 12.1 Å². The van der Waals surface area contributed by atoms with Crippen molar-refractivity contribution in [2.75, 3.05) is 13.1 Å². The normalized spacial score (nSPS) is 39.6. The lowest BCUT2D eigenvalue weighted by Crippen LogP contribution is -2.77. The van der Waals surface area contributed by atoms with E-state index in [2.05, 4.69) is 30.9 Å². The number of benzene rings is 1. The summed E-state index contributed by atoms with van der Waals surface area (Å²) in [6.45, 7) is 8.70. The van der Waals surface area contributed by atoms with Crippen molar-refractivity contribution in [2.24, 2.45) is 11.8 Å². The van der Waals surface area contributed by atoms with Crippen molar-refractivity contribution in [2.45, 2.75) is 88.9 Å². The Balaban J connectivity index is 1.58. The molecule has 1 aromatic carbocycles. The number of aryl methyl sites for hydroxylation is 1. The molecule has 2 heterocycles. The van der Waals surface area contributed by atoms with Gasteiger partial charge in [-0.2, -0.15) is 0 Å². The first kappa shape index (κ1) is 18.2. The molecule has 0 radical (unpaired) electrons. The molecule has 1 aromatic rings. The van der Waals surface area contributed by atoms with E-state index in [4.69, 9.17) is 9.47 Å². The van der Waals surface area contributed by atoms with Gasteiger partial charge in [0.2, 0.25) is 0 Å². The summed E-state index contributed by atoms with van der Waals surface area (Å²) in [5.41, 5.74) is 3.47. The van der Waals surface area contributed by atoms with Gasteiger partial charge in [-0.3, -0.25) is 9.69 Å². The zero-order valence-corrected chi connectivity index (χ0v) is 18.0. The molecule has 156 valence electrons. The maximum absolute atomic E-state index is 12.8. The number of ether oxygens (including phenoxy) is 2. The highest BCUT2D eigenvalue weighted by Gasteiger charge is 2.74. The highest BCUT2D eigenvalue weighted by molar-refractivity contribution is 5.71. The Kier molecular flexibility index (Phi) is 3.77. The first-order chi connectivity index (χ1) is 14.0. The zero-order chi connectivity index (χ0) is 20.0. The van der Waals surface area contributed by atoms with Crippen LogP contribution >= 0.6 is 0 Å². The third-order valence-electron chi connectivity index (χ3n) is 8.82. The van der Waals surface area contributed by atoms with Crippen LogP contribution in [-0.4, -0.2) is 41.7 Å². The first-order valence-electron chi connectivity index (χ1n) is 11.8. The van der Waals surface area contributed by atoms with Crippen molar-refractivity contribution in [1.82, 2.24) is 4.90 Å². The summed E-state index contributed by atoms with van der Waals surface area (Å²) in [7, 11) is 0. The Hall–Kier alpha value is -1.55. The summed E-state index contributed by atoms with van der Waals surface area (Å²) in [4.78, 5) is 15.5. The number of hydrogen-bond donors (Lipinski definition) is 0. The second-order valence-corrected chi connectivity index (χ2v) is 10.4. The molecule has 3 fully saturated rings. The van der Waals surface area contributed by atoms with Gasteiger partial charge in [0.05, 0.1) is 11.5 Å².